The lowest BCUT2D eigenvalue weighted by Gasteiger charge is -2.35. The third kappa shape index (κ3) is 4.28. The number of aliphatic hydroxyl groups excluding tert-OH is 1. The van der Waals surface area contributed by atoms with Crippen molar-refractivity contribution in [3.63, 3.8) is 0 Å². The van der Waals surface area contributed by atoms with Crippen molar-refractivity contribution in [2.75, 3.05) is 13.2 Å². The first-order valence-corrected chi connectivity index (χ1v) is 10.2. The molecule has 1 N–H and O–H groups in total. The van der Waals surface area contributed by atoms with E-state index in [1.54, 1.807) is 4.90 Å². The van der Waals surface area contributed by atoms with Gasteiger partial charge < -0.3 is 19.1 Å². The molecule has 2 aromatic rings. The lowest BCUT2D eigenvalue weighted by atomic mass is 10.0. The van der Waals surface area contributed by atoms with Crippen LogP contribution in [0.2, 0.25) is 0 Å². The van der Waals surface area contributed by atoms with Gasteiger partial charge in [0.15, 0.2) is 0 Å². The smallest absolute Gasteiger partial charge is 0.412 e. The van der Waals surface area contributed by atoms with Gasteiger partial charge in [-0.25, -0.2) is 4.79 Å². The minimum atomic E-state index is -0.726. The highest BCUT2D eigenvalue weighted by atomic mass is 16.6. The Morgan fingerprint density at radius 2 is 1.90 bits per heavy atom. The van der Waals surface area contributed by atoms with E-state index in [2.05, 4.69) is 22.9 Å². The number of hydrogen-bond donors (Lipinski definition) is 1. The SMILES string of the molecule is CC(C)(C)OC(=O)N1[C@@H](Cc2cn(C(C)(C)CO)c3ccccc23)COC1(C)C. The molecule has 0 spiro atoms. The summed E-state index contributed by atoms with van der Waals surface area (Å²) in [6.07, 6.45) is 2.39. The number of hydrogen-bond acceptors (Lipinski definition) is 4. The van der Waals surface area contributed by atoms with Crippen LogP contribution in [0, 0.1) is 0 Å². The summed E-state index contributed by atoms with van der Waals surface area (Å²) < 4.78 is 13.7. The molecule has 0 radical (unpaired) electrons. The zero-order valence-corrected chi connectivity index (χ0v) is 18.7. The summed E-state index contributed by atoms with van der Waals surface area (Å²) in [5.74, 6) is 0. The Balaban J connectivity index is 1.96. The quantitative estimate of drug-likeness (QED) is 0.829. The minimum absolute atomic E-state index is 0.0364. The number of aliphatic hydroxyl groups is 1. The van der Waals surface area contributed by atoms with Gasteiger partial charge in [-0.05, 0) is 66.5 Å². The van der Waals surface area contributed by atoms with Crippen molar-refractivity contribution < 1.29 is 19.4 Å². The van der Waals surface area contributed by atoms with Crippen molar-refractivity contribution in [1.29, 1.82) is 0 Å². The Hall–Kier alpha value is -2.05. The number of ether oxygens (including phenoxy) is 2. The Bertz CT molecular complexity index is 892. The van der Waals surface area contributed by atoms with Crippen molar-refractivity contribution in [3.8, 4) is 0 Å². The molecule has 6 nitrogen and oxygen atoms in total. The van der Waals surface area contributed by atoms with Crippen LogP contribution in [0.1, 0.15) is 54.0 Å². The summed E-state index contributed by atoms with van der Waals surface area (Å²) in [6, 6.07) is 8.05. The van der Waals surface area contributed by atoms with Crippen LogP contribution < -0.4 is 0 Å². The van der Waals surface area contributed by atoms with E-state index >= 15 is 0 Å². The van der Waals surface area contributed by atoms with Crippen LogP contribution in [-0.4, -0.2) is 51.2 Å². The zero-order valence-electron chi connectivity index (χ0n) is 18.7. The van der Waals surface area contributed by atoms with E-state index in [1.807, 2.05) is 60.6 Å². The molecule has 0 saturated carbocycles. The molecule has 1 aromatic carbocycles. The van der Waals surface area contributed by atoms with E-state index in [0.717, 1.165) is 16.5 Å². The van der Waals surface area contributed by atoms with E-state index in [4.69, 9.17) is 9.47 Å². The van der Waals surface area contributed by atoms with E-state index in [1.165, 1.54) is 0 Å². The second kappa shape index (κ2) is 7.33. The number of para-hydroxylation sites is 1. The number of fused-ring (bicyclic) bond motifs is 1. The number of amides is 1. The molecule has 0 bridgehead atoms. The molecular weight excluding hydrogens is 368 g/mol. The second-order valence-corrected chi connectivity index (χ2v) is 9.98. The molecular formula is C23H34N2O4. The first-order valence-electron chi connectivity index (χ1n) is 10.2. The lowest BCUT2D eigenvalue weighted by Crippen LogP contribution is -2.50. The third-order valence-corrected chi connectivity index (χ3v) is 5.45. The van der Waals surface area contributed by atoms with Crippen LogP contribution >= 0.6 is 0 Å². The Kier molecular flexibility index (Phi) is 5.47. The van der Waals surface area contributed by atoms with Crippen LogP contribution in [0.15, 0.2) is 30.5 Å². The molecule has 6 heteroatoms. The standard InChI is InChI=1S/C23H34N2O4/c1-21(2,3)29-20(27)25-17(14-28-23(25,6)7)12-16-13-24(22(4,5)15-26)19-11-9-8-10-18(16)19/h8-11,13,17,26H,12,14-15H2,1-7H3/t17-/m0/s1. The average Bonchev–Trinajstić information content (AvgIpc) is 3.12. The van der Waals surface area contributed by atoms with E-state index in [-0.39, 0.29) is 18.7 Å². The van der Waals surface area contributed by atoms with Gasteiger partial charge in [0.2, 0.25) is 0 Å². The van der Waals surface area contributed by atoms with Crippen LogP contribution in [0.3, 0.4) is 0 Å². The normalized spacial score (nSPS) is 19.7. The van der Waals surface area contributed by atoms with Crippen molar-refractivity contribution in [2.24, 2.45) is 0 Å². The maximum absolute atomic E-state index is 12.9. The second-order valence-electron chi connectivity index (χ2n) is 9.98. The van der Waals surface area contributed by atoms with Crippen molar-refractivity contribution in [2.45, 2.75) is 77.8 Å². The Morgan fingerprint density at radius 3 is 2.52 bits per heavy atom. The monoisotopic (exact) mass is 402 g/mol. The molecule has 2 heterocycles. The molecule has 1 atom stereocenters. The molecule has 1 saturated heterocycles. The number of rotatable bonds is 4. The highest BCUT2D eigenvalue weighted by molar-refractivity contribution is 5.84. The van der Waals surface area contributed by atoms with Gasteiger partial charge >= 0.3 is 6.09 Å². The van der Waals surface area contributed by atoms with Crippen LogP contribution in [-0.2, 0) is 21.4 Å². The fourth-order valence-electron chi connectivity index (χ4n) is 3.96. The number of aromatic nitrogens is 1. The predicted molar refractivity (Wildman–Crippen MR) is 114 cm³/mol. The van der Waals surface area contributed by atoms with E-state index in [9.17, 15) is 9.90 Å². The molecule has 1 aliphatic heterocycles. The first-order chi connectivity index (χ1) is 13.4. The zero-order chi connectivity index (χ0) is 21.6. The molecule has 160 valence electrons. The van der Waals surface area contributed by atoms with Gasteiger partial charge in [0.05, 0.1) is 24.8 Å². The average molecular weight is 403 g/mol. The molecule has 0 aliphatic carbocycles. The third-order valence-electron chi connectivity index (χ3n) is 5.45. The highest BCUT2D eigenvalue weighted by Gasteiger charge is 2.45. The van der Waals surface area contributed by atoms with Gasteiger partial charge in [-0.2, -0.15) is 0 Å². The Morgan fingerprint density at radius 1 is 1.24 bits per heavy atom. The topological polar surface area (TPSA) is 63.9 Å². The lowest BCUT2D eigenvalue weighted by molar-refractivity contribution is -0.0623. The van der Waals surface area contributed by atoms with Crippen LogP contribution in [0.5, 0.6) is 0 Å². The van der Waals surface area contributed by atoms with Crippen molar-refractivity contribution in [1.82, 2.24) is 9.47 Å². The summed E-state index contributed by atoms with van der Waals surface area (Å²) in [5, 5.41) is 11.0. The summed E-state index contributed by atoms with van der Waals surface area (Å²) in [5.41, 5.74) is 0.483. The number of carbonyl (C=O) groups excluding carboxylic acids is 1. The Labute approximate surface area is 173 Å². The molecule has 3 rings (SSSR count). The van der Waals surface area contributed by atoms with Gasteiger partial charge in [0.1, 0.15) is 11.3 Å². The number of carbonyl (C=O) groups is 1. The van der Waals surface area contributed by atoms with Gasteiger partial charge in [0.25, 0.3) is 0 Å². The summed E-state index contributed by atoms with van der Waals surface area (Å²) >= 11 is 0. The first kappa shape index (κ1) is 21.7. The van der Waals surface area contributed by atoms with Crippen molar-refractivity contribution >= 4 is 17.0 Å². The number of nitrogens with zero attached hydrogens (tertiary/aromatic N) is 2. The number of benzene rings is 1. The summed E-state index contributed by atoms with van der Waals surface area (Å²) in [7, 11) is 0. The van der Waals surface area contributed by atoms with Crippen molar-refractivity contribution in [3.05, 3.63) is 36.0 Å². The van der Waals surface area contributed by atoms with Gasteiger partial charge in [-0.1, -0.05) is 18.2 Å². The maximum Gasteiger partial charge on any atom is 0.412 e. The van der Waals surface area contributed by atoms with E-state index in [0.29, 0.717) is 13.0 Å². The van der Waals surface area contributed by atoms with E-state index < -0.39 is 16.9 Å². The largest absolute Gasteiger partial charge is 0.444 e. The van der Waals surface area contributed by atoms with Crippen LogP contribution in [0.25, 0.3) is 10.9 Å². The molecule has 29 heavy (non-hydrogen) atoms. The minimum Gasteiger partial charge on any atom is -0.444 e. The fraction of sp³-hybridized carbons (Fsp3) is 0.609. The fourth-order valence-corrected chi connectivity index (χ4v) is 3.96. The van der Waals surface area contributed by atoms with Gasteiger partial charge in [0, 0.05) is 17.1 Å². The summed E-state index contributed by atoms with van der Waals surface area (Å²) in [6.45, 7) is 13.9. The molecule has 1 amide bonds. The molecule has 1 aromatic heterocycles. The molecule has 0 unspecified atom stereocenters. The predicted octanol–water partition coefficient (Wildman–Crippen LogP) is 4.28. The van der Waals surface area contributed by atoms with Crippen LogP contribution in [0.4, 0.5) is 4.79 Å². The molecule has 1 fully saturated rings. The highest BCUT2D eigenvalue weighted by Crippen LogP contribution is 2.34. The molecule has 1 aliphatic rings. The van der Waals surface area contributed by atoms with Gasteiger partial charge in [-0.15, -0.1) is 0 Å². The van der Waals surface area contributed by atoms with Gasteiger partial charge in [-0.3, -0.25) is 4.90 Å². The maximum atomic E-state index is 12.9. The summed E-state index contributed by atoms with van der Waals surface area (Å²) in [4.78, 5) is 14.7.